The van der Waals surface area contributed by atoms with E-state index in [0.29, 0.717) is 26.2 Å². The summed E-state index contributed by atoms with van der Waals surface area (Å²) in [5.41, 5.74) is 1.00. The number of rotatable bonds is 6. The van der Waals surface area contributed by atoms with Crippen molar-refractivity contribution in [3.05, 3.63) is 54.1 Å². The number of hydrogen-bond donors (Lipinski definition) is 1. The topological polar surface area (TPSA) is 69.3 Å². The molecule has 6 nitrogen and oxygen atoms in total. The van der Waals surface area contributed by atoms with Gasteiger partial charge in [-0.1, -0.05) is 37.3 Å². The molecule has 1 aliphatic heterocycles. The zero-order chi connectivity index (χ0) is 17.0. The summed E-state index contributed by atoms with van der Waals surface area (Å²) in [5.74, 6) is 1.01. The highest BCUT2D eigenvalue weighted by atomic mass is 32.2. The van der Waals surface area contributed by atoms with Gasteiger partial charge in [-0.15, -0.1) is 0 Å². The first-order chi connectivity index (χ1) is 11.6. The summed E-state index contributed by atoms with van der Waals surface area (Å²) < 4.78 is 29.3. The van der Waals surface area contributed by atoms with Gasteiger partial charge in [0.2, 0.25) is 0 Å². The van der Waals surface area contributed by atoms with Crippen molar-refractivity contribution in [3.63, 3.8) is 0 Å². The zero-order valence-electron chi connectivity index (χ0n) is 13.9. The van der Waals surface area contributed by atoms with E-state index in [4.69, 9.17) is 0 Å². The van der Waals surface area contributed by atoms with Crippen molar-refractivity contribution < 1.29 is 8.42 Å². The van der Waals surface area contributed by atoms with Gasteiger partial charge in [0.25, 0.3) is 10.2 Å². The molecule has 1 aromatic heterocycles. The van der Waals surface area contributed by atoms with Gasteiger partial charge in [-0.25, -0.2) is 4.98 Å². The monoisotopic (exact) mass is 348 g/mol. The number of hydrogen-bond acceptors (Lipinski definition) is 3. The van der Waals surface area contributed by atoms with Crippen molar-refractivity contribution in [3.8, 4) is 0 Å². The van der Waals surface area contributed by atoms with E-state index in [2.05, 4.69) is 9.97 Å². The van der Waals surface area contributed by atoms with Crippen LogP contribution in [0.25, 0.3) is 0 Å². The molecule has 1 atom stereocenters. The average Bonchev–Trinajstić information content (AvgIpc) is 3.15. The number of nitrogens with one attached hydrogen (secondary N) is 1. The molecule has 130 valence electrons. The Bertz CT molecular complexity index is 731. The number of aromatic amines is 1. The first-order valence-corrected chi connectivity index (χ1v) is 9.79. The quantitative estimate of drug-likeness (QED) is 0.871. The minimum absolute atomic E-state index is 0.138. The standard InChI is InChI=1S/C17H24N4O2S/c1-2-20(13-15-7-4-3-5-8-15)24(22,23)21-12-6-9-16(14-21)17-18-10-11-19-17/h3-5,7-8,10-11,16H,2,6,9,12-14H2,1H3,(H,18,19). The molecule has 1 fully saturated rings. The van der Waals surface area contributed by atoms with Crippen LogP contribution in [0.4, 0.5) is 0 Å². The van der Waals surface area contributed by atoms with Crippen LogP contribution in [0.5, 0.6) is 0 Å². The molecule has 7 heteroatoms. The molecule has 3 rings (SSSR count). The molecule has 0 spiro atoms. The summed E-state index contributed by atoms with van der Waals surface area (Å²) in [4.78, 5) is 7.41. The van der Waals surface area contributed by atoms with Crippen LogP contribution in [-0.4, -0.2) is 46.6 Å². The van der Waals surface area contributed by atoms with Crippen molar-refractivity contribution in [1.82, 2.24) is 18.6 Å². The third kappa shape index (κ3) is 3.68. The molecule has 0 aliphatic carbocycles. The van der Waals surface area contributed by atoms with Gasteiger partial charge in [0, 0.05) is 44.5 Å². The van der Waals surface area contributed by atoms with Crippen molar-refractivity contribution in [2.45, 2.75) is 32.2 Å². The zero-order valence-corrected chi connectivity index (χ0v) is 14.7. The molecule has 1 aliphatic rings. The van der Waals surface area contributed by atoms with E-state index in [1.807, 2.05) is 37.3 Å². The summed E-state index contributed by atoms with van der Waals surface area (Å²) in [7, 11) is -3.47. The largest absolute Gasteiger partial charge is 0.348 e. The summed E-state index contributed by atoms with van der Waals surface area (Å²) in [6.07, 6.45) is 5.32. The van der Waals surface area contributed by atoms with Gasteiger partial charge in [0.05, 0.1) is 0 Å². The van der Waals surface area contributed by atoms with Crippen LogP contribution >= 0.6 is 0 Å². The van der Waals surface area contributed by atoms with Crippen molar-refractivity contribution in [1.29, 1.82) is 0 Å². The third-order valence-electron chi connectivity index (χ3n) is 4.50. The molecule has 24 heavy (non-hydrogen) atoms. The average molecular weight is 348 g/mol. The first-order valence-electron chi connectivity index (χ1n) is 8.39. The Morgan fingerprint density at radius 1 is 1.33 bits per heavy atom. The van der Waals surface area contributed by atoms with E-state index >= 15 is 0 Å². The van der Waals surface area contributed by atoms with E-state index in [1.165, 1.54) is 0 Å². The molecular weight excluding hydrogens is 324 g/mol. The van der Waals surface area contributed by atoms with Crippen LogP contribution in [-0.2, 0) is 16.8 Å². The van der Waals surface area contributed by atoms with Gasteiger partial charge >= 0.3 is 0 Å². The fraction of sp³-hybridized carbons (Fsp3) is 0.471. The Kier molecular flexibility index (Phi) is 5.33. The highest BCUT2D eigenvalue weighted by Crippen LogP contribution is 2.27. The van der Waals surface area contributed by atoms with E-state index < -0.39 is 10.2 Å². The van der Waals surface area contributed by atoms with Gasteiger partial charge in [-0.05, 0) is 18.4 Å². The first kappa shape index (κ1) is 17.1. The Hall–Kier alpha value is -1.70. The smallest absolute Gasteiger partial charge is 0.282 e. The lowest BCUT2D eigenvalue weighted by atomic mass is 9.99. The molecule has 0 amide bonds. The van der Waals surface area contributed by atoms with Crippen LogP contribution in [0, 0.1) is 0 Å². The lowest BCUT2D eigenvalue weighted by Crippen LogP contribution is -2.47. The predicted molar refractivity (Wildman–Crippen MR) is 93.6 cm³/mol. The Morgan fingerprint density at radius 2 is 2.12 bits per heavy atom. The fourth-order valence-electron chi connectivity index (χ4n) is 3.18. The number of piperidine rings is 1. The molecule has 1 saturated heterocycles. The van der Waals surface area contributed by atoms with E-state index in [1.54, 1.807) is 21.0 Å². The fourth-order valence-corrected chi connectivity index (χ4v) is 4.88. The summed E-state index contributed by atoms with van der Waals surface area (Å²) >= 11 is 0. The predicted octanol–water partition coefficient (Wildman–Crippen LogP) is 2.36. The van der Waals surface area contributed by atoms with Gasteiger partial charge < -0.3 is 4.98 Å². The highest BCUT2D eigenvalue weighted by molar-refractivity contribution is 7.86. The molecule has 0 saturated carbocycles. The number of benzene rings is 1. The van der Waals surface area contributed by atoms with Gasteiger partial charge in [0.15, 0.2) is 0 Å². The second-order valence-electron chi connectivity index (χ2n) is 6.09. The minimum Gasteiger partial charge on any atom is -0.348 e. The number of nitrogens with zero attached hydrogens (tertiary/aromatic N) is 3. The van der Waals surface area contributed by atoms with Gasteiger partial charge in [0.1, 0.15) is 5.82 Å². The molecule has 2 heterocycles. The molecule has 0 bridgehead atoms. The second-order valence-corrected chi connectivity index (χ2v) is 8.02. The van der Waals surface area contributed by atoms with Crippen LogP contribution in [0.1, 0.15) is 37.1 Å². The van der Waals surface area contributed by atoms with Crippen molar-refractivity contribution in [2.24, 2.45) is 0 Å². The summed E-state index contributed by atoms with van der Waals surface area (Å²) in [5, 5.41) is 0. The molecule has 1 unspecified atom stereocenters. The minimum atomic E-state index is -3.47. The lowest BCUT2D eigenvalue weighted by Gasteiger charge is -2.34. The van der Waals surface area contributed by atoms with Gasteiger partial charge in [-0.2, -0.15) is 17.0 Å². The number of imidazole rings is 1. The van der Waals surface area contributed by atoms with Crippen LogP contribution in [0.2, 0.25) is 0 Å². The van der Waals surface area contributed by atoms with E-state index in [9.17, 15) is 8.42 Å². The van der Waals surface area contributed by atoms with Crippen LogP contribution in [0.15, 0.2) is 42.7 Å². The molecule has 2 aromatic rings. The van der Waals surface area contributed by atoms with Crippen LogP contribution < -0.4 is 0 Å². The molecule has 0 radical (unpaired) electrons. The maximum Gasteiger partial charge on any atom is 0.282 e. The third-order valence-corrected chi connectivity index (χ3v) is 6.52. The van der Waals surface area contributed by atoms with E-state index in [-0.39, 0.29) is 5.92 Å². The normalized spacial score (nSPS) is 19.7. The molecular formula is C17H24N4O2S. The summed E-state index contributed by atoms with van der Waals surface area (Å²) in [6, 6.07) is 9.72. The molecule has 1 aromatic carbocycles. The van der Waals surface area contributed by atoms with E-state index in [0.717, 1.165) is 24.2 Å². The highest BCUT2D eigenvalue weighted by Gasteiger charge is 2.34. The number of H-pyrrole nitrogens is 1. The van der Waals surface area contributed by atoms with Crippen molar-refractivity contribution in [2.75, 3.05) is 19.6 Å². The Labute approximate surface area is 143 Å². The Balaban J connectivity index is 1.75. The number of aromatic nitrogens is 2. The maximum atomic E-state index is 13.1. The SMILES string of the molecule is CCN(Cc1ccccc1)S(=O)(=O)N1CCCC(c2ncc[nH]2)C1. The Morgan fingerprint density at radius 3 is 2.79 bits per heavy atom. The lowest BCUT2D eigenvalue weighted by molar-refractivity contribution is 0.279. The second kappa shape index (κ2) is 7.46. The summed E-state index contributed by atoms with van der Waals surface area (Å²) in [6.45, 7) is 3.81. The van der Waals surface area contributed by atoms with Gasteiger partial charge in [-0.3, -0.25) is 0 Å². The maximum absolute atomic E-state index is 13.1. The van der Waals surface area contributed by atoms with Crippen LogP contribution in [0.3, 0.4) is 0 Å². The molecule has 1 N–H and O–H groups in total. The van der Waals surface area contributed by atoms with Crippen molar-refractivity contribution >= 4 is 10.2 Å².